The lowest BCUT2D eigenvalue weighted by molar-refractivity contribution is -0.113. The monoisotopic (exact) mass is 445 g/mol. The molecule has 2 aromatic carbocycles. The van der Waals surface area contributed by atoms with Crippen LogP contribution in [0.25, 0.3) is 0 Å². The predicted octanol–water partition coefficient (Wildman–Crippen LogP) is 4.82. The predicted molar refractivity (Wildman–Crippen MR) is 112 cm³/mol. The number of rotatable bonds is 8. The molecule has 3 aromatic rings. The van der Waals surface area contributed by atoms with Gasteiger partial charge in [-0.05, 0) is 48.9 Å². The van der Waals surface area contributed by atoms with Crippen molar-refractivity contribution >= 4 is 39.4 Å². The topological polar surface area (TPSA) is 56.1 Å². The molecule has 7 heteroatoms. The highest BCUT2D eigenvalue weighted by Gasteiger charge is 2.09. The van der Waals surface area contributed by atoms with E-state index in [2.05, 4.69) is 26.3 Å². The molecule has 0 unspecified atom stereocenters. The van der Waals surface area contributed by atoms with E-state index in [1.54, 1.807) is 16.9 Å². The molecule has 0 aliphatic heterocycles. The van der Waals surface area contributed by atoms with Crippen LogP contribution in [0.5, 0.6) is 5.75 Å². The van der Waals surface area contributed by atoms with Gasteiger partial charge in [0, 0.05) is 15.4 Å². The van der Waals surface area contributed by atoms with Crippen LogP contribution < -0.4 is 10.1 Å². The molecule has 0 radical (unpaired) electrons. The highest BCUT2D eigenvalue weighted by atomic mass is 79.9. The number of ether oxygens (including phenoxy) is 1. The van der Waals surface area contributed by atoms with Gasteiger partial charge in [0.1, 0.15) is 11.6 Å². The van der Waals surface area contributed by atoms with Crippen molar-refractivity contribution in [2.24, 2.45) is 0 Å². The molecule has 1 amide bonds. The second-order valence-corrected chi connectivity index (χ2v) is 7.71. The molecule has 27 heavy (non-hydrogen) atoms. The minimum atomic E-state index is -0.0635. The van der Waals surface area contributed by atoms with Crippen LogP contribution in [0.4, 0.5) is 5.82 Å². The molecular weight excluding hydrogens is 426 g/mol. The first-order valence-corrected chi connectivity index (χ1v) is 10.3. The Hall–Kier alpha value is -2.25. The molecule has 1 heterocycles. The summed E-state index contributed by atoms with van der Waals surface area (Å²) in [6.07, 6.45) is 1.69. The number of amides is 1. The minimum Gasteiger partial charge on any atom is -0.494 e. The van der Waals surface area contributed by atoms with Gasteiger partial charge in [-0.25, -0.2) is 4.68 Å². The minimum absolute atomic E-state index is 0.0635. The number of carbonyl (C=O) groups is 1. The van der Waals surface area contributed by atoms with Crippen LogP contribution in [-0.2, 0) is 11.3 Å². The third kappa shape index (κ3) is 5.87. The van der Waals surface area contributed by atoms with Crippen LogP contribution in [0.1, 0.15) is 12.5 Å². The van der Waals surface area contributed by atoms with Crippen LogP contribution in [0.3, 0.4) is 0 Å². The summed E-state index contributed by atoms with van der Waals surface area (Å²) in [7, 11) is 0. The Morgan fingerprint density at radius 3 is 2.59 bits per heavy atom. The first kappa shape index (κ1) is 19.5. The largest absolute Gasteiger partial charge is 0.494 e. The summed E-state index contributed by atoms with van der Waals surface area (Å²) in [5.41, 5.74) is 1.11. The standard InChI is InChI=1S/C20H20BrN3O2S/c1-2-26-17-7-9-18(10-8-17)27-14-20(25)23-19-11-12-22-24(19)13-15-3-5-16(21)6-4-15/h3-12H,2,13-14H2,1H3,(H,23,25). The lowest BCUT2D eigenvalue weighted by Gasteiger charge is -2.09. The molecule has 0 bridgehead atoms. The lowest BCUT2D eigenvalue weighted by Crippen LogP contribution is -2.17. The van der Waals surface area contributed by atoms with Crippen molar-refractivity contribution in [1.82, 2.24) is 9.78 Å². The van der Waals surface area contributed by atoms with Gasteiger partial charge in [0.05, 0.1) is 25.1 Å². The second-order valence-electron chi connectivity index (χ2n) is 5.74. The van der Waals surface area contributed by atoms with Crippen LogP contribution in [0.15, 0.2) is 70.2 Å². The highest BCUT2D eigenvalue weighted by molar-refractivity contribution is 9.10. The number of hydrogen-bond donors (Lipinski definition) is 1. The van der Waals surface area contributed by atoms with E-state index in [1.165, 1.54) is 11.8 Å². The quantitative estimate of drug-likeness (QED) is 0.504. The zero-order valence-corrected chi connectivity index (χ0v) is 17.3. The third-order valence-electron chi connectivity index (χ3n) is 3.73. The highest BCUT2D eigenvalue weighted by Crippen LogP contribution is 2.22. The SMILES string of the molecule is CCOc1ccc(SCC(=O)Nc2ccnn2Cc2ccc(Br)cc2)cc1. The zero-order chi connectivity index (χ0) is 19.1. The van der Waals surface area contributed by atoms with Gasteiger partial charge >= 0.3 is 0 Å². The van der Waals surface area contributed by atoms with Crippen molar-refractivity contribution in [3.8, 4) is 5.75 Å². The number of thioether (sulfide) groups is 1. The average molecular weight is 446 g/mol. The zero-order valence-electron chi connectivity index (χ0n) is 14.9. The van der Waals surface area contributed by atoms with Gasteiger partial charge in [-0.1, -0.05) is 28.1 Å². The maximum absolute atomic E-state index is 12.3. The van der Waals surface area contributed by atoms with Gasteiger partial charge in [0.2, 0.25) is 5.91 Å². The molecule has 0 spiro atoms. The number of halogens is 1. The fourth-order valence-corrected chi connectivity index (χ4v) is 3.42. The van der Waals surface area contributed by atoms with Crippen molar-refractivity contribution in [2.75, 3.05) is 17.7 Å². The summed E-state index contributed by atoms with van der Waals surface area (Å²) in [6.45, 7) is 3.19. The molecule has 0 saturated heterocycles. The fourth-order valence-electron chi connectivity index (χ4n) is 2.45. The number of hydrogen-bond acceptors (Lipinski definition) is 4. The van der Waals surface area contributed by atoms with Gasteiger partial charge in [0.15, 0.2) is 0 Å². The second kappa shape index (κ2) is 9.62. The van der Waals surface area contributed by atoms with E-state index in [0.717, 1.165) is 20.7 Å². The molecule has 0 aliphatic rings. The van der Waals surface area contributed by atoms with Gasteiger partial charge in [-0.15, -0.1) is 11.8 Å². The van der Waals surface area contributed by atoms with Crippen molar-refractivity contribution in [3.05, 3.63) is 70.8 Å². The van der Waals surface area contributed by atoms with Crippen molar-refractivity contribution in [2.45, 2.75) is 18.4 Å². The Bertz CT molecular complexity index is 879. The molecule has 0 fully saturated rings. The van der Waals surface area contributed by atoms with E-state index in [-0.39, 0.29) is 5.91 Å². The summed E-state index contributed by atoms with van der Waals surface area (Å²) in [5.74, 6) is 1.79. The van der Waals surface area contributed by atoms with E-state index in [9.17, 15) is 4.79 Å². The molecule has 0 saturated carbocycles. The third-order valence-corrected chi connectivity index (χ3v) is 5.27. The smallest absolute Gasteiger partial charge is 0.235 e. The maximum atomic E-state index is 12.3. The first-order valence-electron chi connectivity index (χ1n) is 8.56. The molecule has 5 nitrogen and oxygen atoms in total. The van der Waals surface area contributed by atoms with Crippen molar-refractivity contribution in [3.63, 3.8) is 0 Å². The van der Waals surface area contributed by atoms with E-state index in [1.807, 2.05) is 55.5 Å². The van der Waals surface area contributed by atoms with Crippen LogP contribution >= 0.6 is 27.7 Å². The molecular formula is C20H20BrN3O2S. The number of benzene rings is 2. The van der Waals surface area contributed by atoms with E-state index >= 15 is 0 Å². The van der Waals surface area contributed by atoms with Crippen LogP contribution in [-0.4, -0.2) is 28.0 Å². The Kier molecular flexibility index (Phi) is 6.95. The molecule has 3 rings (SSSR count). The number of nitrogens with one attached hydrogen (secondary N) is 1. The van der Waals surface area contributed by atoms with Gasteiger partial charge in [-0.3, -0.25) is 4.79 Å². The Morgan fingerprint density at radius 2 is 1.89 bits per heavy atom. The van der Waals surface area contributed by atoms with E-state index in [0.29, 0.717) is 24.7 Å². The Morgan fingerprint density at radius 1 is 1.15 bits per heavy atom. The lowest BCUT2D eigenvalue weighted by atomic mass is 10.2. The number of carbonyl (C=O) groups excluding carboxylic acids is 1. The summed E-state index contributed by atoms with van der Waals surface area (Å²) < 4.78 is 8.24. The number of aromatic nitrogens is 2. The molecule has 1 N–H and O–H groups in total. The molecule has 1 aromatic heterocycles. The Balaban J connectivity index is 1.53. The summed E-state index contributed by atoms with van der Waals surface area (Å²) in [6, 6.07) is 17.6. The van der Waals surface area contributed by atoms with Crippen molar-refractivity contribution in [1.29, 1.82) is 0 Å². The van der Waals surface area contributed by atoms with Gasteiger partial charge in [0.25, 0.3) is 0 Å². The summed E-state index contributed by atoms with van der Waals surface area (Å²) >= 11 is 4.92. The molecule has 0 atom stereocenters. The van der Waals surface area contributed by atoms with E-state index in [4.69, 9.17) is 4.74 Å². The summed E-state index contributed by atoms with van der Waals surface area (Å²) in [5, 5.41) is 7.23. The van der Waals surface area contributed by atoms with Crippen molar-refractivity contribution < 1.29 is 9.53 Å². The van der Waals surface area contributed by atoms with E-state index < -0.39 is 0 Å². The normalized spacial score (nSPS) is 10.6. The van der Waals surface area contributed by atoms with Gasteiger partial charge < -0.3 is 10.1 Å². The van der Waals surface area contributed by atoms with Crippen LogP contribution in [0.2, 0.25) is 0 Å². The maximum Gasteiger partial charge on any atom is 0.235 e. The fraction of sp³-hybridized carbons (Fsp3) is 0.200. The van der Waals surface area contributed by atoms with Crippen LogP contribution in [0, 0.1) is 0 Å². The molecule has 0 aliphatic carbocycles. The number of nitrogens with zero attached hydrogens (tertiary/aromatic N) is 2. The first-order chi connectivity index (χ1) is 13.1. The average Bonchev–Trinajstić information content (AvgIpc) is 3.10. The van der Waals surface area contributed by atoms with Gasteiger partial charge in [-0.2, -0.15) is 5.10 Å². The summed E-state index contributed by atoms with van der Waals surface area (Å²) in [4.78, 5) is 13.3. The number of anilines is 1. The Labute approximate surface area is 171 Å². The molecule has 140 valence electrons.